The summed E-state index contributed by atoms with van der Waals surface area (Å²) in [5, 5.41) is 6.03. The predicted molar refractivity (Wildman–Crippen MR) is 110 cm³/mol. The van der Waals surface area contributed by atoms with E-state index in [-0.39, 0.29) is 17.9 Å². The van der Waals surface area contributed by atoms with E-state index in [1.165, 1.54) is 6.07 Å². The van der Waals surface area contributed by atoms with Gasteiger partial charge >= 0.3 is 6.03 Å². The fourth-order valence-electron chi connectivity index (χ4n) is 4.11. The van der Waals surface area contributed by atoms with Crippen molar-refractivity contribution >= 4 is 6.03 Å². The molecule has 0 aromatic heterocycles. The minimum Gasteiger partial charge on any atom is -0.491 e. The van der Waals surface area contributed by atoms with Crippen LogP contribution in [0.25, 0.3) is 0 Å². The number of hydrogen-bond acceptors (Lipinski definition) is 3. The molecule has 0 unspecified atom stereocenters. The summed E-state index contributed by atoms with van der Waals surface area (Å²) in [4.78, 5) is 14.6. The van der Waals surface area contributed by atoms with Gasteiger partial charge in [0.05, 0.1) is 6.04 Å². The number of para-hydroxylation sites is 1. The molecule has 1 fully saturated rings. The second-order valence-electron chi connectivity index (χ2n) is 7.99. The van der Waals surface area contributed by atoms with Crippen LogP contribution in [0.3, 0.4) is 0 Å². The van der Waals surface area contributed by atoms with Gasteiger partial charge in [0.2, 0.25) is 0 Å². The van der Waals surface area contributed by atoms with Crippen LogP contribution in [-0.2, 0) is 13.0 Å². The van der Waals surface area contributed by atoms with E-state index in [9.17, 15) is 9.18 Å². The van der Waals surface area contributed by atoms with Gasteiger partial charge in [0.15, 0.2) is 0 Å². The largest absolute Gasteiger partial charge is 0.491 e. The first-order chi connectivity index (χ1) is 14.2. The molecule has 2 heterocycles. The van der Waals surface area contributed by atoms with E-state index in [0.717, 1.165) is 49.2 Å². The molecule has 1 saturated heterocycles. The summed E-state index contributed by atoms with van der Waals surface area (Å²) < 4.78 is 19.5. The first kappa shape index (κ1) is 19.7. The zero-order chi connectivity index (χ0) is 20.1. The van der Waals surface area contributed by atoms with Gasteiger partial charge in [0, 0.05) is 18.7 Å². The van der Waals surface area contributed by atoms with Crippen molar-refractivity contribution in [2.75, 3.05) is 26.2 Å². The number of likely N-dealkylation sites (tertiary alicyclic amines) is 1. The number of carbonyl (C=O) groups excluding carboxylic acids is 1. The highest BCUT2D eigenvalue weighted by Gasteiger charge is 2.23. The minimum atomic E-state index is -0.137. The van der Waals surface area contributed by atoms with Crippen LogP contribution in [0.2, 0.25) is 0 Å². The van der Waals surface area contributed by atoms with Crippen molar-refractivity contribution in [1.82, 2.24) is 15.5 Å². The molecule has 5 nitrogen and oxygen atoms in total. The van der Waals surface area contributed by atoms with Gasteiger partial charge < -0.3 is 15.4 Å². The van der Waals surface area contributed by atoms with Crippen molar-refractivity contribution in [3.05, 3.63) is 65.5 Å². The monoisotopic (exact) mass is 397 g/mol. The van der Waals surface area contributed by atoms with Gasteiger partial charge in [-0.2, -0.15) is 0 Å². The summed E-state index contributed by atoms with van der Waals surface area (Å²) >= 11 is 0. The van der Waals surface area contributed by atoms with E-state index in [1.54, 1.807) is 6.07 Å². The number of rotatable bonds is 5. The van der Waals surface area contributed by atoms with Gasteiger partial charge in [-0.15, -0.1) is 0 Å². The van der Waals surface area contributed by atoms with Crippen molar-refractivity contribution in [3.63, 3.8) is 0 Å². The molecular weight excluding hydrogens is 369 g/mol. The molecule has 0 radical (unpaired) electrons. The Bertz CT molecular complexity index is 836. The number of nitrogens with one attached hydrogen (secondary N) is 2. The van der Waals surface area contributed by atoms with Crippen molar-refractivity contribution in [2.45, 2.75) is 31.8 Å². The van der Waals surface area contributed by atoms with Crippen LogP contribution >= 0.6 is 0 Å². The Morgan fingerprint density at radius 2 is 1.86 bits per heavy atom. The molecule has 1 atom stereocenters. The smallest absolute Gasteiger partial charge is 0.315 e. The third-order valence-corrected chi connectivity index (χ3v) is 5.82. The molecular formula is C23H28FN3O2. The van der Waals surface area contributed by atoms with Crippen LogP contribution in [0.1, 0.15) is 24.0 Å². The lowest BCUT2D eigenvalue weighted by atomic mass is 9.96. The average Bonchev–Trinajstić information content (AvgIpc) is 2.75. The van der Waals surface area contributed by atoms with Crippen LogP contribution in [0.15, 0.2) is 48.5 Å². The second-order valence-corrected chi connectivity index (χ2v) is 7.99. The Morgan fingerprint density at radius 3 is 2.69 bits per heavy atom. The zero-order valence-electron chi connectivity index (χ0n) is 16.6. The van der Waals surface area contributed by atoms with Crippen LogP contribution in [-0.4, -0.2) is 43.2 Å². The van der Waals surface area contributed by atoms with Gasteiger partial charge in [0.1, 0.15) is 18.2 Å². The maximum atomic E-state index is 13.8. The Hall–Kier alpha value is -2.60. The number of halogens is 1. The first-order valence-electron chi connectivity index (χ1n) is 10.4. The number of hydrogen-bond donors (Lipinski definition) is 2. The first-order valence-corrected chi connectivity index (χ1v) is 10.4. The lowest BCUT2D eigenvalue weighted by Gasteiger charge is -2.32. The Balaban J connectivity index is 1.16. The molecule has 2 aliphatic heterocycles. The van der Waals surface area contributed by atoms with E-state index in [2.05, 4.69) is 15.5 Å². The number of amides is 2. The van der Waals surface area contributed by atoms with E-state index in [4.69, 9.17) is 4.74 Å². The third-order valence-electron chi connectivity index (χ3n) is 5.82. The molecule has 2 aliphatic rings. The Kier molecular flexibility index (Phi) is 6.30. The number of benzene rings is 2. The topological polar surface area (TPSA) is 53.6 Å². The molecule has 0 spiro atoms. The maximum absolute atomic E-state index is 13.8. The van der Waals surface area contributed by atoms with Crippen LogP contribution in [0, 0.1) is 11.7 Å². The molecule has 29 heavy (non-hydrogen) atoms. The molecule has 2 aromatic carbocycles. The normalized spacial score (nSPS) is 19.8. The molecule has 2 N–H and O–H groups in total. The van der Waals surface area contributed by atoms with Crippen molar-refractivity contribution < 1.29 is 13.9 Å². The van der Waals surface area contributed by atoms with E-state index in [0.29, 0.717) is 25.6 Å². The zero-order valence-corrected chi connectivity index (χ0v) is 16.6. The third kappa shape index (κ3) is 5.26. The fourth-order valence-corrected chi connectivity index (χ4v) is 4.11. The predicted octanol–water partition coefficient (Wildman–Crippen LogP) is 3.34. The molecule has 0 aliphatic carbocycles. The van der Waals surface area contributed by atoms with Crippen molar-refractivity contribution in [1.29, 1.82) is 0 Å². The van der Waals surface area contributed by atoms with Gasteiger partial charge in [-0.1, -0.05) is 36.4 Å². The minimum absolute atomic E-state index is 0.00693. The number of piperidine rings is 1. The van der Waals surface area contributed by atoms with E-state index in [1.807, 2.05) is 36.4 Å². The SMILES string of the molecule is O=C(NCC1CCN(Cc2ccccc2F)CC1)N[C@H]1COc2ccccc2C1. The highest BCUT2D eigenvalue weighted by Crippen LogP contribution is 2.24. The second kappa shape index (κ2) is 9.27. The fraction of sp³-hybridized carbons (Fsp3) is 0.435. The molecule has 2 aromatic rings. The van der Waals surface area contributed by atoms with Crippen LogP contribution in [0.5, 0.6) is 5.75 Å². The van der Waals surface area contributed by atoms with Gasteiger partial charge in [-0.3, -0.25) is 4.90 Å². The molecule has 154 valence electrons. The average molecular weight is 397 g/mol. The number of ether oxygens (including phenoxy) is 1. The summed E-state index contributed by atoms with van der Waals surface area (Å²) in [5.41, 5.74) is 1.88. The summed E-state index contributed by atoms with van der Waals surface area (Å²) in [6, 6.07) is 14.8. The Morgan fingerprint density at radius 1 is 1.10 bits per heavy atom. The van der Waals surface area contributed by atoms with Gasteiger partial charge in [0.25, 0.3) is 0 Å². The maximum Gasteiger partial charge on any atom is 0.315 e. The number of fused-ring (bicyclic) bond motifs is 1. The highest BCUT2D eigenvalue weighted by atomic mass is 19.1. The number of urea groups is 1. The van der Waals surface area contributed by atoms with Crippen molar-refractivity contribution in [2.24, 2.45) is 5.92 Å². The summed E-state index contributed by atoms with van der Waals surface area (Å²) in [7, 11) is 0. The number of carbonyl (C=O) groups is 1. The molecule has 2 amide bonds. The van der Waals surface area contributed by atoms with E-state index >= 15 is 0 Å². The summed E-state index contributed by atoms with van der Waals surface area (Å²) in [6.45, 7) is 3.67. The van der Waals surface area contributed by atoms with Crippen LogP contribution < -0.4 is 15.4 Å². The number of nitrogens with zero attached hydrogens (tertiary/aromatic N) is 1. The van der Waals surface area contributed by atoms with E-state index < -0.39 is 0 Å². The molecule has 6 heteroatoms. The lowest BCUT2D eigenvalue weighted by Crippen LogP contribution is -2.48. The molecule has 4 rings (SSSR count). The van der Waals surface area contributed by atoms with Crippen LogP contribution in [0.4, 0.5) is 9.18 Å². The highest BCUT2D eigenvalue weighted by molar-refractivity contribution is 5.74. The van der Waals surface area contributed by atoms with Gasteiger partial charge in [-0.25, -0.2) is 9.18 Å². The molecule has 0 saturated carbocycles. The standard InChI is InChI=1S/C23H28FN3O2/c24-21-7-3-1-6-19(21)15-27-11-9-17(10-12-27)14-25-23(28)26-20-13-18-5-2-4-8-22(18)29-16-20/h1-8,17,20H,9-16H2,(H2,25,26,28)/t20-/m1/s1. The summed E-state index contributed by atoms with van der Waals surface area (Å²) in [6.07, 6.45) is 2.81. The molecule has 0 bridgehead atoms. The van der Waals surface area contributed by atoms with Crippen molar-refractivity contribution in [3.8, 4) is 5.75 Å². The lowest BCUT2D eigenvalue weighted by molar-refractivity contribution is 0.172. The Labute approximate surface area is 171 Å². The quantitative estimate of drug-likeness (QED) is 0.814. The van der Waals surface area contributed by atoms with Gasteiger partial charge in [-0.05, 0) is 56.0 Å². The summed E-state index contributed by atoms with van der Waals surface area (Å²) in [5.74, 6) is 1.23.